The summed E-state index contributed by atoms with van der Waals surface area (Å²) in [5, 5.41) is 9.49. The van der Waals surface area contributed by atoms with Crippen LogP contribution in [0.3, 0.4) is 0 Å². The number of furan rings is 1. The van der Waals surface area contributed by atoms with E-state index in [1.54, 1.807) is 6.33 Å². The topological polar surface area (TPSA) is 99.0 Å². The van der Waals surface area contributed by atoms with Gasteiger partial charge < -0.3 is 8.98 Å². The van der Waals surface area contributed by atoms with Crippen LogP contribution in [-0.4, -0.2) is 20.7 Å². The van der Waals surface area contributed by atoms with Gasteiger partial charge in [-0.2, -0.15) is 0 Å². The van der Waals surface area contributed by atoms with Crippen molar-refractivity contribution in [3.8, 4) is 0 Å². The molecule has 21 heavy (non-hydrogen) atoms. The summed E-state index contributed by atoms with van der Waals surface area (Å²) in [5.41, 5.74) is 3.56. The van der Waals surface area contributed by atoms with E-state index in [1.165, 1.54) is 11.8 Å². The Kier molecular flexibility index (Phi) is 3.63. The van der Waals surface area contributed by atoms with Crippen LogP contribution in [0.1, 0.15) is 16.1 Å². The fourth-order valence-electron chi connectivity index (χ4n) is 2.03. The van der Waals surface area contributed by atoms with Crippen molar-refractivity contribution in [2.24, 2.45) is 12.9 Å². The highest BCUT2D eigenvalue weighted by Crippen LogP contribution is 2.31. The molecular weight excluding hydrogens is 290 g/mol. The summed E-state index contributed by atoms with van der Waals surface area (Å²) in [6.07, 6.45) is 1.63. The molecule has 3 N–H and O–H groups in total. The third-order valence-corrected chi connectivity index (χ3v) is 4.11. The molecule has 0 saturated carbocycles. The third-order valence-electron chi connectivity index (χ3n) is 3.05. The van der Waals surface area contributed by atoms with Gasteiger partial charge in [0, 0.05) is 23.8 Å². The van der Waals surface area contributed by atoms with E-state index >= 15 is 0 Å². The number of carbonyl (C=O) groups excluding carboxylic acids is 1. The summed E-state index contributed by atoms with van der Waals surface area (Å²) in [6.45, 7) is 0. The van der Waals surface area contributed by atoms with Crippen LogP contribution in [0.5, 0.6) is 0 Å². The number of thioether (sulfide) groups is 1. The molecule has 0 radical (unpaired) electrons. The summed E-state index contributed by atoms with van der Waals surface area (Å²) in [4.78, 5) is 11.9. The second-order valence-electron chi connectivity index (χ2n) is 4.39. The summed E-state index contributed by atoms with van der Waals surface area (Å²) < 4.78 is 7.42. The molecular formula is C13H13N5O2S. The second kappa shape index (κ2) is 5.58. The Balaban J connectivity index is 1.99. The largest absolute Gasteiger partial charge is 0.451 e. The number of nitrogens with zero attached hydrogens (tertiary/aromatic N) is 3. The minimum Gasteiger partial charge on any atom is -0.451 e. The zero-order valence-corrected chi connectivity index (χ0v) is 12.1. The molecule has 0 aliphatic rings. The lowest BCUT2D eigenvalue weighted by atomic mass is 10.1. The van der Waals surface area contributed by atoms with Crippen molar-refractivity contribution in [2.45, 2.75) is 10.9 Å². The van der Waals surface area contributed by atoms with Gasteiger partial charge in [-0.1, -0.05) is 30.0 Å². The first-order valence-corrected chi connectivity index (χ1v) is 7.17. The minimum atomic E-state index is -0.445. The van der Waals surface area contributed by atoms with Gasteiger partial charge in [-0.05, 0) is 6.07 Å². The number of nitrogen functional groups attached to an aromatic ring is 1. The lowest BCUT2D eigenvalue weighted by Gasteiger charge is -2.02. The number of carbonyl (C=O) groups is 1. The lowest BCUT2D eigenvalue weighted by molar-refractivity contribution is 0.0927. The maximum atomic E-state index is 11.9. The number of benzene rings is 1. The van der Waals surface area contributed by atoms with Gasteiger partial charge in [0.05, 0.1) is 0 Å². The van der Waals surface area contributed by atoms with Crippen molar-refractivity contribution in [2.75, 3.05) is 0 Å². The van der Waals surface area contributed by atoms with Gasteiger partial charge in [0.25, 0.3) is 0 Å². The highest BCUT2D eigenvalue weighted by atomic mass is 32.2. The number of aryl methyl sites for hydroxylation is 1. The van der Waals surface area contributed by atoms with Crippen molar-refractivity contribution in [1.82, 2.24) is 20.2 Å². The van der Waals surface area contributed by atoms with Crippen LogP contribution >= 0.6 is 11.8 Å². The Bertz CT molecular complexity index is 795. The first-order chi connectivity index (χ1) is 10.2. The molecule has 2 heterocycles. The molecule has 7 nitrogen and oxygen atoms in total. The normalized spacial score (nSPS) is 11.0. The number of aromatic nitrogens is 3. The van der Waals surface area contributed by atoms with Gasteiger partial charge in [-0.3, -0.25) is 10.2 Å². The Morgan fingerprint density at radius 1 is 1.48 bits per heavy atom. The predicted octanol–water partition coefficient (Wildman–Crippen LogP) is 1.46. The zero-order chi connectivity index (χ0) is 14.8. The molecule has 3 rings (SSSR count). The van der Waals surface area contributed by atoms with Gasteiger partial charge in [0.2, 0.25) is 0 Å². The fourth-order valence-corrected chi connectivity index (χ4v) is 2.95. The molecule has 3 aromatic rings. The smallest absolute Gasteiger partial charge is 0.301 e. The summed E-state index contributed by atoms with van der Waals surface area (Å²) in [7, 11) is 1.86. The van der Waals surface area contributed by atoms with Crippen molar-refractivity contribution in [1.29, 1.82) is 0 Å². The Hall–Kier alpha value is -2.32. The SMILES string of the molecule is Cn1cnnc1SCc1c(C(=O)NN)oc2ccccc12. The standard InChI is InChI=1S/C13H13N5O2S/c1-18-7-15-17-13(18)21-6-9-8-4-2-3-5-10(8)20-11(9)12(19)16-14/h2-5,7H,6,14H2,1H3,(H,16,19). The fraction of sp³-hybridized carbons (Fsp3) is 0.154. The van der Waals surface area contributed by atoms with E-state index in [1.807, 2.05) is 35.9 Å². The maximum Gasteiger partial charge on any atom is 0.301 e. The van der Waals surface area contributed by atoms with E-state index in [4.69, 9.17) is 10.3 Å². The molecule has 108 valence electrons. The van der Waals surface area contributed by atoms with Gasteiger partial charge in [-0.15, -0.1) is 10.2 Å². The van der Waals surface area contributed by atoms with E-state index in [9.17, 15) is 4.79 Å². The minimum absolute atomic E-state index is 0.230. The van der Waals surface area contributed by atoms with Crippen molar-refractivity contribution >= 4 is 28.6 Å². The first-order valence-electron chi connectivity index (χ1n) is 6.19. The summed E-state index contributed by atoms with van der Waals surface area (Å²) in [5.74, 6) is 5.54. The van der Waals surface area contributed by atoms with Crippen LogP contribution < -0.4 is 11.3 Å². The average molecular weight is 303 g/mol. The van der Waals surface area contributed by atoms with Crippen molar-refractivity contribution in [3.63, 3.8) is 0 Å². The summed E-state index contributed by atoms with van der Waals surface area (Å²) >= 11 is 1.48. The number of fused-ring (bicyclic) bond motifs is 1. The molecule has 0 spiro atoms. The number of rotatable bonds is 4. The molecule has 8 heteroatoms. The Morgan fingerprint density at radius 3 is 3.00 bits per heavy atom. The number of nitrogens with one attached hydrogen (secondary N) is 1. The third kappa shape index (κ3) is 2.50. The number of hydrogen-bond donors (Lipinski definition) is 2. The van der Waals surface area contributed by atoms with E-state index in [0.717, 1.165) is 16.1 Å². The molecule has 1 aromatic carbocycles. The number of amides is 1. The molecule has 0 aliphatic heterocycles. The quantitative estimate of drug-likeness (QED) is 0.328. The van der Waals surface area contributed by atoms with Crippen LogP contribution in [0, 0.1) is 0 Å². The predicted molar refractivity (Wildman–Crippen MR) is 78.4 cm³/mol. The van der Waals surface area contributed by atoms with Gasteiger partial charge in [0.15, 0.2) is 10.9 Å². The van der Waals surface area contributed by atoms with Gasteiger partial charge in [-0.25, -0.2) is 5.84 Å². The number of hydrogen-bond acceptors (Lipinski definition) is 6. The molecule has 0 bridgehead atoms. The molecule has 2 aromatic heterocycles. The molecule has 0 aliphatic carbocycles. The summed E-state index contributed by atoms with van der Waals surface area (Å²) in [6, 6.07) is 7.49. The zero-order valence-electron chi connectivity index (χ0n) is 11.2. The van der Waals surface area contributed by atoms with E-state index < -0.39 is 5.91 Å². The second-order valence-corrected chi connectivity index (χ2v) is 5.33. The van der Waals surface area contributed by atoms with Crippen molar-refractivity contribution < 1.29 is 9.21 Å². The number of hydrazine groups is 1. The molecule has 1 amide bonds. The first kappa shape index (κ1) is 13.7. The van der Waals surface area contributed by atoms with Crippen LogP contribution in [-0.2, 0) is 12.8 Å². The van der Waals surface area contributed by atoms with E-state index in [2.05, 4.69) is 15.6 Å². The molecule has 0 unspecified atom stereocenters. The Morgan fingerprint density at radius 2 is 2.29 bits per heavy atom. The molecule has 0 saturated heterocycles. The molecule has 0 fully saturated rings. The van der Waals surface area contributed by atoms with Crippen LogP contribution in [0.2, 0.25) is 0 Å². The monoisotopic (exact) mass is 303 g/mol. The van der Waals surface area contributed by atoms with Gasteiger partial charge in [0.1, 0.15) is 11.9 Å². The highest BCUT2D eigenvalue weighted by Gasteiger charge is 2.20. The van der Waals surface area contributed by atoms with E-state index in [-0.39, 0.29) is 5.76 Å². The Labute approximate surface area is 124 Å². The van der Waals surface area contributed by atoms with Crippen molar-refractivity contribution in [3.05, 3.63) is 41.9 Å². The van der Waals surface area contributed by atoms with Gasteiger partial charge >= 0.3 is 5.91 Å². The lowest BCUT2D eigenvalue weighted by Crippen LogP contribution is -2.30. The average Bonchev–Trinajstić information content (AvgIpc) is 3.08. The van der Waals surface area contributed by atoms with Crippen LogP contribution in [0.25, 0.3) is 11.0 Å². The molecule has 0 atom stereocenters. The number of para-hydroxylation sites is 1. The maximum absolute atomic E-state index is 11.9. The number of nitrogens with two attached hydrogens (primary N) is 1. The van der Waals surface area contributed by atoms with Crippen LogP contribution in [0.4, 0.5) is 0 Å². The van der Waals surface area contributed by atoms with Crippen LogP contribution in [0.15, 0.2) is 40.2 Å². The highest BCUT2D eigenvalue weighted by molar-refractivity contribution is 7.98. The van der Waals surface area contributed by atoms with E-state index in [0.29, 0.717) is 11.3 Å².